The molecule has 0 atom stereocenters. The summed E-state index contributed by atoms with van der Waals surface area (Å²) in [5, 5.41) is 0. The largest absolute Gasteiger partial charge is 0.462 e. The Kier molecular flexibility index (Phi) is 21.2. The third kappa shape index (κ3) is 12.9. The standard InChI is InChI=1S/C36H54O12/c1-7-13-19-43-31(37)25-26(32(38)44-20-14-8-2)28(34(40)46-22-16-10-4)30(36(42)48-24-18-12-6)29(35(41)47-23-17-11-5)27(25)33(39)45-21-15-9-3/h7-24H2,1-6H3. The monoisotopic (exact) mass is 678 g/mol. The van der Waals surface area contributed by atoms with Gasteiger partial charge in [0.1, 0.15) is 0 Å². The highest BCUT2D eigenvalue weighted by Crippen LogP contribution is 2.34. The van der Waals surface area contributed by atoms with E-state index in [4.69, 9.17) is 28.4 Å². The van der Waals surface area contributed by atoms with E-state index in [-0.39, 0.29) is 39.6 Å². The normalized spacial score (nSPS) is 10.6. The Balaban J connectivity index is 4.49. The molecule has 0 aliphatic rings. The zero-order valence-corrected chi connectivity index (χ0v) is 29.6. The highest BCUT2D eigenvalue weighted by Gasteiger charge is 2.43. The summed E-state index contributed by atoms with van der Waals surface area (Å²) < 4.78 is 32.8. The van der Waals surface area contributed by atoms with Crippen LogP contribution in [0.5, 0.6) is 0 Å². The Hall–Kier alpha value is -3.96. The molecule has 12 heteroatoms. The van der Waals surface area contributed by atoms with Gasteiger partial charge in [-0.3, -0.25) is 0 Å². The van der Waals surface area contributed by atoms with E-state index in [1.54, 1.807) is 0 Å². The fraction of sp³-hybridized carbons (Fsp3) is 0.667. The van der Waals surface area contributed by atoms with Crippen LogP contribution in [0.3, 0.4) is 0 Å². The fourth-order valence-corrected chi connectivity index (χ4v) is 4.26. The van der Waals surface area contributed by atoms with Crippen LogP contribution in [0.4, 0.5) is 0 Å². The summed E-state index contributed by atoms with van der Waals surface area (Å²) in [5.41, 5.74) is -4.48. The first kappa shape index (κ1) is 42.1. The van der Waals surface area contributed by atoms with Crippen LogP contribution in [0.15, 0.2) is 0 Å². The zero-order valence-electron chi connectivity index (χ0n) is 29.6. The summed E-state index contributed by atoms with van der Waals surface area (Å²) in [7, 11) is 0. The van der Waals surface area contributed by atoms with Crippen LogP contribution in [0, 0.1) is 0 Å². The van der Waals surface area contributed by atoms with Gasteiger partial charge in [-0.1, -0.05) is 80.1 Å². The molecule has 0 aliphatic carbocycles. The van der Waals surface area contributed by atoms with Crippen molar-refractivity contribution in [3.05, 3.63) is 33.4 Å². The third-order valence-electron chi connectivity index (χ3n) is 7.11. The van der Waals surface area contributed by atoms with E-state index in [0.29, 0.717) is 77.0 Å². The molecule has 0 saturated carbocycles. The van der Waals surface area contributed by atoms with Gasteiger partial charge in [-0.25, -0.2) is 28.8 Å². The van der Waals surface area contributed by atoms with Crippen molar-refractivity contribution in [2.45, 2.75) is 119 Å². The zero-order chi connectivity index (χ0) is 35.9. The summed E-state index contributed by atoms with van der Waals surface area (Å²) >= 11 is 0. The minimum absolute atomic E-state index is 0.0999. The molecule has 0 spiro atoms. The van der Waals surface area contributed by atoms with Crippen molar-refractivity contribution in [2.75, 3.05) is 39.6 Å². The molecule has 0 radical (unpaired) electrons. The third-order valence-corrected chi connectivity index (χ3v) is 7.11. The number of carbonyl (C=O) groups excluding carboxylic acids is 6. The molecule has 0 heterocycles. The molecular formula is C36H54O12. The summed E-state index contributed by atoms with van der Waals surface area (Å²) in [6.45, 7) is 10.6. The minimum atomic E-state index is -1.19. The lowest BCUT2D eigenvalue weighted by molar-refractivity contribution is 0.0387. The number of ether oxygens (including phenoxy) is 6. The van der Waals surface area contributed by atoms with Crippen molar-refractivity contribution < 1.29 is 57.2 Å². The lowest BCUT2D eigenvalue weighted by atomic mass is 9.85. The molecule has 0 aliphatic heterocycles. The van der Waals surface area contributed by atoms with E-state index >= 15 is 0 Å². The van der Waals surface area contributed by atoms with Gasteiger partial charge in [-0.05, 0) is 38.5 Å². The first-order valence-electron chi connectivity index (χ1n) is 17.4. The second-order valence-electron chi connectivity index (χ2n) is 11.2. The second-order valence-corrected chi connectivity index (χ2v) is 11.2. The van der Waals surface area contributed by atoms with Gasteiger partial charge in [0, 0.05) is 0 Å². The molecule has 0 fully saturated rings. The Bertz CT molecular complexity index is 960. The number of benzene rings is 1. The number of carbonyl (C=O) groups is 6. The summed E-state index contributed by atoms with van der Waals surface area (Å²) in [6, 6.07) is 0. The first-order valence-corrected chi connectivity index (χ1v) is 17.4. The van der Waals surface area contributed by atoms with Crippen molar-refractivity contribution in [3.63, 3.8) is 0 Å². The highest BCUT2D eigenvalue weighted by atomic mass is 16.6. The number of hydrogen-bond donors (Lipinski definition) is 0. The number of esters is 6. The molecule has 0 unspecified atom stereocenters. The molecule has 0 saturated heterocycles. The molecule has 0 N–H and O–H groups in total. The molecule has 1 rings (SSSR count). The van der Waals surface area contributed by atoms with Crippen LogP contribution < -0.4 is 0 Å². The van der Waals surface area contributed by atoms with Gasteiger partial charge in [0.05, 0.1) is 73.0 Å². The number of unbranched alkanes of at least 4 members (excludes halogenated alkanes) is 6. The number of rotatable bonds is 24. The predicted octanol–water partition coefficient (Wildman–Crippen LogP) is 7.43. The van der Waals surface area contributed by atoms with Crippen LogP contribution in [-0.4, -0.2) is 75.5 Å². The van der Waals surface area contributed by atoms with E-state index in [9.17, 15) is 28.8 Å². The average Bonchev–Trinajstić information content (AvgIpc) is 3.07. The van der Waals surface area contributed by atoms with E-state index < -0.39 is 69.2 Å². The van der Waals surface area contributed by atoms with Gasteiger partial charge >= 0.3 is 35.8 Å². The molecule has 48 heavy (non-hydrogen) atoms. The van der Waals surface area contributed by atoms with Gasteiger partial charge in [-0.15, -0.1) is 0 Å². The van der Waals surface area contributed by atoms with Crippen molar-refractivity contribution in [1.82, 2.24) is 0 Å². The Labute approximate surface area is 284 Å². The molecule has 0 aromatic heterocycles. The lowest BCUT2D eigenvalue weighted by Crippen LogP contribution is -2.32. The van der Waals surface area contributed by atoms with Gasteiger partial charge in [0.25, 0.3) is 0 Å². The van der Waals surface area contributed by atoms with Crippen LogP contribution in [0.25, 0.3) is 0 Å². The summed E-state index contributed by atoms with van der Waals surface area (Å²) in [5.74, 6) is -7.14. The van der Waals surface area contributed by atoms with Gasteiger partial charge in [-0.2, -0.15) is 0 Å². The smallest absolute Gasteiger partial charge is 0.339 e. The summed E-state index contributed by atoms with van der Waals surface area (Å²) in [6.07, 6.45) is 6.56. The maximum absolute atomic E-state index is 13.9. The van der Waals surface area contributed by atoms with Gasteiger partial charge in [0.15, 0.2) is 0 Å². The Morgan fingerprint density at radius 1 is 0.292 bits per heavy atom. The molecule has 12 nitrogen and oxygen atoms in total. The van der Waals surface area contributed by atoms with Crippen molar-refractivity contribution in [2.24, 2.45) is 0 Å². The molecule has 1 aromatic rings. The fourth-order valence-electron chi connectivity index (χ4n) is 4.26. The van der Waals surface area contributed by atoms with Crippen LogP contribution >= 0.6 is 0 Å². The first-order chi connectivity index (χ1) is 23.2. The van der Waals surface area contributed by atoms with Crippen molar-refractivity contribution in [3.8, 4) is 0 Å². The SMILES string of the molecule is CCCCOC(=O)c1c(C(=O)OCCCC)c(C(=O)OCCCC)c(C(=O)OCCCC)c(C(=O)OCCCC)c1C(=O)OCCCC. The lowest BCUT2D eigenvalue weighted by Gasteiger charge is -2.22. The topological polar surface area (TPSA) is 158 Å². The quantitative estimate of drug-likeness (QED) is 0.0606. The maximum Gasteiger partial charge on any atom is 0.339 e. The average molecular weight is 679 g/mol. The molecule has 0 bridgehead atoms. The van der Waals surface area contributed by atoms with E-state index in [1.807, 2.05) is 41.5 Å². The second kappa shape index (κ2) is 24.2. The summed E-state index contributed by atoms with van der Waals surface area (Å²) in [4.78, 5) is 83.6. The number of hydrogen-bond acceptors (Lipinski definition) is 12. The van der Waals surface area contributed by atoms with Crippen LogP contribution in [0.2, 0.25) is 0 Å². The molecule has 270 valence electrons. The minimum Gasteiger partial charge on any atom is -0.462 e. The van der Waals surface area contributed by atoms with Gasteiger partial charge < -0.3 is 28.4 Å². The van der Waals surface area contributed by atoms with Crippen molar-refractivity contribution >= 4 is 35.8 Å². The van der Waals surface area contributed by atoms with E-state index in [2.05, 4.69) is 0 Å². The van der Waals surface area contributed by atoms with Gasteiger partial charge in [0.2, 0.25) is 0 Å². The Morgan fingerprint density at radius 3 is 0.521 bits per heavy atom. The van der Waals surface area contributed by atoms with Crippen LogP contribution in [0.1, 0.15) is 181 Å². The maximum atomic E-state index is 13.9. The Morgan fingerprint density at radius 2 is 0.417 bits per heavy atom. The molecular weight excluding hydrogens is 624 g/mol. The highest BCUT2D eigenvalue weighted by molar-refractivity contribution is 6.24. The van der Waals surface area contributed by atoms with E-state index in [0.717, 1.165) is 0 Å². The molecule has 1 aromatic carbocycles. The predicted molar refractivity (Wildman–Crippen MR) is 178 cm³/mol. The van der Waals surface area contributed by atoms with Crippen LogP contribution in [-0.2, 0) is 28.4 Å². The van der Waals surface area contributed by atoms with E-state index in [1.165, 1.54) is 0 Å². The molecule has 0 amide bonds. The van der Waals surface area contributed by atoms with Crippen molar-refractivity contribution in [1.29, 1.82) is 0 Å².